The van der Waals surface area contributed by atoms with Gasteiger partial charge in [0.1, 0.15) is 11.4 Å². The molecular formula is C24H32FN3O7. The topological polar surface area (TPSA) is 154 Å². The van der Waals surface area contributed by atoms with E-state index in [9.17, 15) is 33.8 Å². The summed E-state index contributed by atoms with van der Waals surface area (Å²) in [6.07, 6.45) is -0.625. The summed E-state index contributed by atoms with van der Waals surface area (Å²) in [6, 6.07) is 3.60. The van der Waals surface area contributed by atoms with Crippen molar-refractivity contribution < 1.29 is 38.5 Å². The van der Waals surface area contributed by atoms with Gasteiger partial charge in [0.15, 0.2) is 5.54 Å². The van der Waals surface area contributed by atoms with Crippen molar-refractivity contribution in [3.63, 3.8) is 0 Å². The highest BCUT2D eigenvalue weighted by molar-refractivity contribution is 5.93. The maximum atomic E-state index is 13.5. The van der Waals surface area contributed by atoms with Gasteiger partial charge in [-0.15, -0.1) is 0 Å². The summed E-state index contributed by atoms with van der Waals surface area (Å²) in [5, 5.41) is 28.2. The third-order valence-electron chi connectivity index (χ3n) is 7.22. The highest BCUT2D eigenvalue weighted by Crippen LogP contribution is 2.76. The second-order valence-corrected chi connectivity index (χ2v) is 10.1. The largest absolute Gasteiger partial charge is 0.481 e. The van der Waals surface area contributed by atoms with E-state index in [1.54, 1.807) is 34.6 Å². The van der Waals surface area contributed by atoms with E-state index in [2.05, 4.69) is 16.0 Å². The monoisotopic (exact) mass is 493 g/mol. The van der Waals surface area contributed by atoms with Crippen LogP contribution in [0.4, 0.5) is 19.7 Å². The van der Waals surface area contributed by atoms with E-state index in [1.807, 2.05) is 0 Å². The average molecular weight is 494 g/mol. The van der Waals surface area contributed by atoms with Crippen LogP contribution < -0.4 is 16.0 Å². The summed E-state index contributed by atoms with van der Waals surface area (Å²) in [6.45, 7) is 8.27. The molecule has 3 amide bonds. The zero-order valence-electron chi connectivity index (χ0n) is 20.3. The Kier molecular flexibility index (Phi) is 6.75. The molecule has 1 aromatic rings. The molecule has 192 valence electrons. The molecule has 6 atom stereocenters. The van der Waals surface area contributed by atoms with E-state index < -0.39 is 70.2 Å². The van der Waals surface area contributed by atoms with Crippen molar-refractivity contribution in [2.24, 2.45) is 23.2 Å². The molecule has 2 fully saturated rings. The number of fused-ring (bicyclic) bond motifs is 1. The molecule has 0 heterocycles. The molecule has 3 rings (SSSR count). The molecule has 35 heavy (non-hydrogen) atoms. The number of urea groups is 1. The normalized spacial score (nSPS) is 31.1. The first-order valence-electron chi connectivity index (χ1n) is 11.6. The molecular weight excluding hydrogens is 461 g/mol. The smallest absolute Gasteiger partial charge is 0.408 e. The van der Waals surface area contributed by atoms with Crippen molar-refractivity contribution in [3.05, 3.63) is 30.1 Å². The third-order valence-corrected chi connectivity index (χ3v) is 7.22. The first kappa shape index (κ1) is 26.2. The van der Waals surface area contributed by atoms with Crippen LogP contribution in [0.15, 0.2) is 24.3 Å². The van der Waals surface area contributed by atoms with Crippen LogP contribution in [-0.4, -0.2) is 51.5 Å². The van der Waals surface area contributed by atoms with Crippen LogP contribution >= 0.6 is 0 Å². The second-order valence-electron chi connectivity index (χ2n) is 10.1. The number of aliphatic carboxylic acids is 2. The minimum Gasteiger partial charge on any atom is -0.481 e. The first-order chi connectivity index (χ1) is 16.2. The van der Waals surface area contributed by atoms with Crippen molar-refractivity contribution in [2.75, 3.05) is 5.32 Å². The van der Waals surface area contributed by atoms with E-state index in [4.69, 9.17) is 4.74 Å². The van der Waals surface area contributed by atoms with E-state index in [0.29, 0.717) is 0 Å². The lowest BCUT2D eigenvalue weighted by atomic mass is 9.70. The lowest BCUT2D eigenvalue weighted by Gasteiger charge is -2.42. The standard InChI is InChI=1S/C24H32FN3O7/c1-6-14-17(27-20(33)26-13-10-8-9-12(25)11-13)15-16(18(29)30)23(15,7-2)24(14,19(31)32)28-21(34)35-22(3,4)5/h8-11,14-17H,6-7H2,1-5H3,(H,28,34)(H,29,30)(H,31,32)(H2,26,27,33). The molecule has 6 unspecified atom stereocenters. The van der Waals surface area contributed by atoms with Gasteiger partial charge in [0, 0.05) is 29.0 Å². The molecule has 2 aliphatic rings. The van der Waals surface area contributed by atoms with Crippen molar-refractivity contribution in [2.45, 2.75) is 64.6 Å². The van der Waals surface area contributed by atoms with E-state index in [-0.39, 0.29) is 18.5 Å². The van der Waals surface area contributed by atoms with Gasteiger partial charge >= 0.3 is 24.1 Å². The molecule has 5 N–H and O–H groups in total. The number of halogens is 1. The Morgan fingerprint density at radius 2 is 1.80 bits per heavy atom. The minimum atomic E-state index is -2.00. The minimum absolute atomic E-state index is 0.136. The molecule has 10 nitrogen and oxygen atoms in total. The van der Waals surface area contributed by atoms with Gasteiger partial charge in [-0.05, 0) is 51.8 Å². The zero-order chi connectivity index (χ0) is 26.3. The van der Waals surface area contributed by atoms with Gasteiger partial charge < -0.3 is 30.9 Å². The molecule has 11 heteroatoms. The Morgan fingerprint density at radius 1 is 1.14 bits per heavy atom. The number of ether oxygens (including phenoxy) is 1. The van der Waals surface area contributed by atoms with Gasteiger partial charge in [-0.1, -0.05) is 19.9 Å². The van der Waals surface area contributed by atoms with Crippen LogP contribution in [0.2, 0.25) is 0 Å². The van der Waals surface area contributed by atoms with E-state index in [1.165, 1.54) is 18.2 Å². The number of amides is 3. The summed E-state index contributed by atoms with van der Waals surface area (Å²) >= 11 is 0. The van der Waals surface area contributed by atoms with Gasteiger partial charge in [-0.2, -0.15) is 0 Å². The number of carbonyl (C=O) groups excluding carboxylic acids is 2. The van der Waals surface area contributed by atoms with E-state index >= 15 is 0 Å². The highest BCUT2D eigenvalue weighted by Gasteiger charge is 2.88. The molecule has 0 spiro atoms. The molecule has 1 aromatic carbocycles. The number of hydrogen-bond acceptors (Lipinski definition) is 5. The number of carbonyl (C=O) groups is 4. The quantitative estimate of drug-likeness (QED) is 0.390. The Morgan fingerprint density at radius 3 is 2.29 bits per heavy atom. The van der Waals surface area contributed by atoms with E-state index in [0.717, 1.165) is 6.07 Å². The summed E-state index contributed by atoms with van der Waals surface area (Å²) in [4.78, 5) is 50.7. The Balaban J connectivity index is 2.01. The van der Waals surface area contributed by atoms with Crippen LogP contribution in [0.3, 0.4) is 0 Å². The second kappa shape index (κ2) is 9.01. The lowest BCUT2D eigenvalue weighted by Crippen LogP contribution is -2.66. The Labute approximate surface area is 202 Å². The van der Waals surface area contributed by atoms with Gasteiger partial charge in [0.05, 0.1) is 5.92 Å². The fourth-order valence-electron chi connectivity index (χ4n) is 6.20. The van der Waals surface area contributed by atoms with Crippen LogP contribution in [0, 0.1) is 29.0 Å². The molecule has 2 saturated carbocycles. The fourth-order valence-corrected chi connectivity index (χ4v) is 6.20. The number of carboxylic acids is 2. The number of anilines is 1. The Hall–Kier alpha value is -3.37. The SMILES string of the molecule is CCC1C(NC(=O)Nc2cccc(F)c2)C2C(C(=O)O)C2(CC)C1(NC(=O)OC(C)(C)C)C(=O)O. The summed E-state index contributed by atoms with van der Waals surface area (Å²) < 4.78 is 18.8. The maximum absolute atomic E-state index is 13.5. The molecule has 0 saturated heterocycles. The van der Waals surface area contributed by atoms with Crippen molar-refractivity contribution in [1.82, 2.24) is 10.6 Å². The zero-order valence-corrected chi connectivity index (χ0v) is 20.3. The molecule has 0 bridgehead atoms. The number of carboxylic acid groups (broad SMARTS) is 2. The predicted molar refractivity (Wildman–Crippen MR) is 123 cm³/mol. The Bertz CT molecular complexity index is 1040. The van der Waals surface area contributed by atoms with Gasteiger partial charge in [-0.3, -0.25) is 4.79 Å². The highest BCUT2D eigenvalue weighted by atomic mass is 19.1. The fraction of sp³-hybridized carbons (Fsp3) is 0.583. The summed E-state index contributed by atoms with van der Waals surface area (Å²) in [5.41, 5.74) is -4.08. The molecule has 0 aromatic heterocycles. The number of alkyl carbamates (subject to hydrolysis) is 1. The van der Waals surface area contributed by atoms with Crippen molar-refractivity contribution >= 4 is 29.8 Å². The molecule has 0 radical (unpaired) electrons. The number of benzene rings is 1. The molecule has 0 aliphatic heterocycles. The first-order valence-corrected chi connectivity index (χ1v) is 11.6. The third kappa shape index (κ3) is 4.28. The van der Waals surface area contributed by atoms with Gasteiger partial charge in [-0.25, -0.2) is 18.8 Å². The van der Waals surface area contributed by atoms with Crippen molar-refractivity contribution in [1.29, 1.82) is 0 Å². The van der Waals surface area contributed by atoms with Gasteiger partial charge in [0.2, 0.25) is 0 Å². The predicted octanol–water partition coefficient (Wildman–Crippen LogP) is 3.43. The van der Waals surface area contributed by atoms with Crippen LogP contribution in [-0.2, 0) is 14.3 Å². The van der Waals surface area contributed by atoms with Crippen LogP contribution in [0.5, 0.6) is 0 Å². The van der Waals surface area contributed by atoms with Gasteiger partial charge in [0.25, 0.3) is 0 Å². The number of rotatable bonds is 7. The number of nitrogens with one attached hydrogen (secondary N) is 3. The summed E-state index contributed by atoms with van der Waals surface area (Å²) in [7, 11) is 0. The van der Waals surface area contributed by atoms with Crippen LogP contribution in [0.25, 0.3) is 0 Å². The lowest BCUT2D eigenvalue weighted by molar-refractivity contribution is -0.153. The summed E-state index contributed by atoms with van der Waals surface area (Å²) in [5.74, 6) is -5.85. The average Bonchev–Trinajstić information content (AvgIpc) is 3.36. The number of hydrogen-bond donors (Lipinski definition) is 5. The van der Waals surface area contributed by atoms with Crippen molar-refractivity contribution in [3.8, 4) is 0 Å². The van der Waals surface area contributed by atoms with Crippen LogP contribution in [0.1, 0.15) is 47.5 Å². The molecule has 2 aliphatic carbocycles. The maximum Gasteiger partial charge on any atom is 0.408 e.